The first-order valence-corrected chi connectivity index (χ1v) is 6.04. The molecule has 0 aromatic rings. The van der Waals surface area contributed by atoms with Gasteiger partial charge in [0.1, 0.15) is 0 Å². The van der Waals surface area contributed by atoms with Crippen LogP contribution in [0.25, 0.3) is 0 Å². The van der Waals surface area contributed by atoms with Crippen molar-refractivity contribution in [3.63, 3.8) is 0 Å². The molecule has 0 unspecified atom stereocenters. The fraction of sp³-hybridized carbons (Fsp3) is 0.714. The minimum absolute atomic E-state index is 1.19. The molecule has 0 heteroatoms. The summed E-state index contributed by atoms with van der Waals surface area (Å²) < 4.78 is 0. The van der Waals surface area contributed by atoms with E-state index in [4.69, 9.17) is 0 Å². The molecule has 0 saturated heterocycles. The van der Waals surface area contributed by atoms with Crippen LogP contribution in [0.1, 0.15) is 65.2 Å². The van der Waals surface area contributed by atoms with Crippen LogP contribution in [0.4, 0.5) is 0 Å². The fourth-order valence-electron chi connectivity index (χ4n) is 1.62. The molecule has 0 aromatic heterocycles. The highest BCUT2D eigenvalue weighted by Crippen LogP contribution is 2.16. The average molecular weight is 194 g/mol. The van der Waals surface area contributed by atoms with Crippen LogP contribution in [0.5, 0.6) is 0 Å². The van der Waals surface area contributed by atoms with Gasteiger partial charge in [-0.15, -0.1) is 0 Å². The first kappa shape index (κ1) is 13.5. The highest BCUT2D eigenvalue weighted by atomic mass is 14.0. The Kier molecular flexibility index (Phi) is 8.72. The van der Waals surface area contributed by atoms with Gasteiger partial charge in [0.05, 0.1) is 0 Å². The summed E-state index contributed by atoms with van der Waals surface area (Å²) in [6.45, 7) is 12.6. The summed E-state index contributed by atoms with van der Waals surface area (Å²) in [4.78, 5) is 0. The molecule has 0 aromatic carbocycles. The molecule has 0 rings (SSSR count). The van der Waals surface area contributed by atoms with Crippen molar-refractivity contribution in [2.75, 3.05) is 0 Å². The van der Waals surface area contributed by atoms with Gasteiger partial charge < -0.3 is 0 Å². The number of rotatable bonds is 9. The molecule has 0 aliphatic carbocycles. The molecule has 0 nitrogen and oxygen atoms in total. The quantitative estimate of drug-likeness (QED) is 0.439. The van der Waals surface area contributed by atoms with Crippen molar-refractivity contribution in [3.8, 4) is 0 Å². The predicted molar refractivity (Wildman–Crippen MR) is 66.6 cm³/mol. The Hall–Kier alpha value is -0.520. The van der Waals surface area contributed by atoms with Crippen molar-refractivity contribution in [1.29, 1.82) is 0 Å². The second-order valence-electron chi connectivity index (χ2n) is 4.21. The second-order valence-corrected chi connectivity index (χ2v) is 4.21. The molecule has 0 heterocycles. The average Bonchev–Trinajstić information content (AvgIpc) is 2.15. The molecule has 0 fully saturated rings. The van der Waals surface area contributed by atoms with E-state index >= 15 is 0 Å². The van der Waals surface area contributed by atoms with Gasteiger partial charge in [0, 0.05) is 0 Å². The zero-order valence-electron chi connectivity index (χ0n) is 10.1. The predicted octanol–water partition coefficient (Wildman–Crippen LogP) is 5.26. The van der Waals surface area contributed by atoms with Crippen molar-refractivity contribution >= 4 is 0 Å². The normalized spacial score (nSPS) is 10.1. The molecule has 0 aliphatic rings. The maximum absolute atomic E-state index is 4.11. The number of hydrogen-bond acceptors (Lipinski definition) is 0. The summed E-state index contributed by atoms with van der Waals surface area (Å²) in [6, 6.07) is 0. The maximum Gasteiger partial charge on any atom is -0.0320 e. The topological polar surface area (TPSA) is 0 Å². The van der Waals surface area contributed by atoms with Crippen LogP contribution < -0.4 is 0 Å². The van der Waals surface area contributed by atoms with Gasteiger partial charge in [0.2, 0.25) is 0 Å². The molecule has 0 amide bonds. The molecule has 14 heavy (non-hydrogen) atoms. The highest BCUT2D eigenvalue weighted by Gasteiger charge is 1.96. The van der Waals surface area contributed by atoms with Crippen molar-refractivity contribution in [1.82, 2.24) is 0 Å². The second kappa shape index (κ2) is 9.05. The molecule has 0 radical (unpaired) electrons. The smallest absolute Gasteiger partial charge is 0.0320 e. The molecule has 0 spiro atoms. The molecule has 0 bridgehead atoms. The fourth-order valence-corrected chi connectivity index (χ4v) is 1.62. The minimum Gasteiger partial charge on any atom is -0.0999 e. The summed E-state index contributed by atoms with van der Waals surface area (Å²) >= 11 is 0. The van der Waals surface area contributed by atoms with Gasteiger partial charge >= 0.3 is 0 Å². The van der Waals surface area contributed by atoms with E-state index < -0.39 is 0 Å². The number of hydrogen-bond donors (Lipinski definition) is 0. The van der Waals surface area contributed by atoms with Crippen molar-refractivity contribution < 1.29 is 0 Å². The molecule has 0 atom stereocenters. The molecule has 0 saturated carbocycles. The van der Waals surface area contributed by atoms with Crippen LogP contribution in [-0.2, 0) is 0 Å². The summed E-state index contributed by atoms with van der Waals surface area (Å²) in [6.07, 6.45) is 9.87. The van der Waals surface area contributed by atoms with Gasteiger partial charge in [0.25, 0.3) is 0 Å². The monoisotopic (exact) mass is 194 g/mol. The molecular weight excluding hydrogens is 168 g/mol. The van der Waals surface area contributed by atoms with Crippen LogP contribution in [0.2, 0.25) is 0 Å². The van der Waals surface area contributed by atoms with Gasteiger partial charge in [-0.3, -0.25) is 0 Å². The van der Waals surface area contributed by atoms with Crippen LogP contribution in [0.3, 0.4) is 0 Å². The van der Waals surface area contributed by atoms with E-state index in [9.17, 15) is 0 Å². The van der Waals surface area contributed by atoms with Gasteiger partial charge in [-0.25, -0.2) is 0 Å². The van der Waals surface area contributed by atoms with E-state index in [0.717, 1.165) is 0 Å². The summed E-state index contributed by atoms with van der Waals surface area (Å²) in [7, 11) is 0. The SMILES string of the molecule is C=C(CCC)CCCC(=C)CCCC. The third kappa shape index (κ3) is 8.10. The zero-order chi connectivity index (χ0) is 10.8. The Morgan fingerprint density at radius 1 is 0.714 bits per heavy atom. The molecule has 0 aliphatic heterocycles. The summed E-state index contributed by atoms with van der Waals surface area (Å²) in [5.41, 5.74) is 2.84. The van der Waals surface area contributed by atoms with E-state index in [1.54, 1.807) is 0 Å². The first-order chi connectivity index (χ1) is 6.70. The van der Waals surface area contributed by atoms with E-state index in [-0.39, 0.29) is 0 Å². The first-order valence-electron chi connectivity index (χ1n) is 6.04. The summed E-state index contributed by atoms with van der Waals surface area (Å²) in [5.74, 6) is 0. The highest BCUT2D eigenvalue weighted by molar-refractivity contribution is 4.98. The third-order valence-electron chi connectivity index (χ3n) is 2.55. The zero-order valence-corrected chi connectivity index (χ0v) is 10.1. The van der Waals surface area contributed by atoms with E-state index in [2.05, 4.69) is 27.0 Å². The Labute approximate surface area is 90.1 Å². The molecular formula is C14H26. The van der Waals surface area contributed by atoms with Gasteiger partial charge in [-0.2, -0.15) is 0 Å². The lowest BCUT2D eigenvalue weighted by molar-refractivity contribution is 0.708. The van der Waals surface area contributed by atoms with Gasteiger partial charge in [-0.1, -0.05) is 51.0 Å². The maximum atomic E-state index is 4.11. The lowest BCUT2D eigenvalue weighted by Crippen LogP contribution is -1.86. The van der Waals surface area contributed by atoms with E-state index in [1.165, 1.54) is 62.5 Å². The lowest BCUT2D eigenvalue weighted by Gasteiger charge is -2.06. The van der Waals surface area contributed by atoms with Crippen LogP contribution in [0.15, 0.2) is 24.3 Å². The largest absolute Gasteiger partial charge is 0.0999 e. The third-order valence-corrected chi connectivity index (χ3v) is 2.55. The van der Waals surface area contributed by atoms with Crippen LogP contribution in [-0.4, -0.2) is 0 Å². The van der Waals surface area contributed by atoms with Crippen molar-refractivity contribution in [3.05, 3.63) is 24.3 Å². The van der Waals surface area contributed by atoms with Crippen molar-refractivity contribution in [2.24, 2.45) is 0 Å². The molecule has 82 valence electrons. The van der Waals surface area contributed by atoms with Crippen LogP contribution >= 0.6 is 0 Å². The lowest BCUT2D eigenvalue weighted by atomic mass is 10.0. The Bertz CT molecular complexity index is 165. The Balaban J connectivity index is 3.34. The van der Waals surface area contributed by atoms with Crippen molar-refractivity contribution in [2.45, 2.75) is 65.2 Å². The molecule has 0 N–H and O–H groups in total. The van der Waals surface area contributed by atoms with Gasteiger partial charge in [-0.05, 0) is 38.5 Å². The number of unbranched alkanes of at least 4 members (excludes halogenated alkanes) is 1. The number of allylic oxidation sites excluding steroid dienone is 2. The minimum atomic E-state index is 1.19. The van der Waals surface area contributed by atoms with Crippen LogP contribution in [0, 0.1) is 0 Å². The van der Waals surface area contributed by atoms with Gasteiger partial charge in [0.15, 0.2) is 0 Å². The Morgan fingerprint density at radius 2 is 1.21 bits per heavy atom. The Morgan fingerprint density at radius 3 is 1.71 bits per heavy atom. The van der Waals surface area contributed by atoms with E-state index in [1.807, 2.05) is 0 Å². The standard InChI is InChI=1S/C14H26/c1-5-7-10-14(4)12-8-11-13(3)9-6-2/h3-12H2,1-2H3. The van der Waals surface area contributed by atoms with E-state index in [0.29, 0.717) is 0 Å². The summed E-state index contributed by atoms with van der Waals surface area (Å²) in [5, 5.41) is 0.